The smallest absolute Gasteiger partial charge is 0.226 e. The maximum atomic E-state index is 12.8. The monoisotopic (exact) mass is 360 g/mol. The molecule has 0 N–H and O–H groups in total. The van der Waals surface area contributed by atoms with Crippen LogP contribution in [0.4, 0.5) is 0 Å². The van der Waals surface area contributed by atoms with Gasteiger partial charge in [-0.25, -0.2) is 0 Å². The zero-order valence-electron chi connectivity index (χ0n) is 14.4. The Morgan fingerprint density at radius 3 is 2.48 bits per heavy atom. The van der Waals surface area contributed by atoms with Crippen LogP contribution in [0, 0.1) is 17.8 Å². The summed E-state index contributed by atoms with van der Waals surface area (Å²) in [5.41, 5.74) is 0. The number of carbonyl (C=O) groups is 1. The topological polar surface area (TPSA) is 32.8 Å². The van der Waals surface area contributed by atoms with Crippen molar-refractivity contribution < 1.29 is 9.53 Å². The number of hydrogen-bond donors (Lipinski definition) is 0. The van der Waals surface area contributed by atoms with E-state index in [0.717, 1.165) is 49.9 Å². The van der Waals surface area contributed by atoms with Crippen molar-refractivity contribution in [1.29, 1.82) is 0 Å². The van der Waals surface area contributed by atoms with E-state index >= 15 is 0 Å². The van der Waals surface area contributed by atoms with Gasteiger partial charge in [0.1, 0.15) is 12.4 Å². The van der Waals surface area contributed by atoms with Gasteiger partial charge in [-0.15, -0.1) is 0 Å². The Hall–Kier alpha value is -1.52. The second-order valence-corrected chi connectivity index (χ2v) is 7.79. The molecule has 2 aliphatic carbocycles. The number of hydrogen-bond acceptors (Lipinski definition) is 3. The fourth-order valence-electron chi connectivity index (χ4n) is 4.31. The molecule has 25 heavy (non-hydrogen) atoms. The van der Waals surface area contributed by atoms with E-state index in [0.29, 0.717) is 24.3 Å². The Balaban J connectivity index is 1.19. The van der Waals surface area contributed by atoms with Crippen molar-refractivity contribution in [2.24, 2.45) is 17.8 Å². The number of allylic oxidation sites excluding steroid dienone is 2. The number of carbonyl (C=O) groups excluding carboxylic acids is 1. The Morgan fingerprint density at radius 2 is 1.84 bits per heavy atom. The second-order valence-electron chi connectivity index (χ2n) is 7.36. The molecule has 1 amide bonds. The molecule has 3 aliphatic rings. The third-order valence-corrected chi connectivity index (χ3v) is 6.02. The first-order valence-corrected chi connectivity index (χ1v) is 9.64. The van der Waals surface area contributed by atoms with Crippen LogP contribution in [0.1, 0.15) is 12.8 Å². The number of fused-ring (bicyclic) bond motifs is 2. The maximum absolute atomic E-state index is 12.8. The van der Waals surface area contributed by atoms with Crippen molar-refractivity contribution in [3.63, 3.8) is 0 Å². The van der Waals surface area contributed by atoms with Crippen molar-refractivity contribution in [3.8, 4) is 5.75 Å². The molecule has 2 bridgehead atoms. The summed E-state index contributed by atoms with van der Waals surface area (Å²) in [6.45, 7) is 5.11. The molecule has 1 saturated heterocycles. The van der Waals surface area contributed by atoms with Crippen LogP contribution in [-0.2, 0) is 4.79 Å². The van der Waals surface area contributed by atoms with Crippen LogP contribution in [0.3, 0.4) is 0 Å². The van der Waals surface area contributed by atoms with Crippen molar-refractivity contribution in [2.45, 2.75) is 12.8 Å². The summed E-state index contributed by atoms with van der Waals surface area (Å²) in [5, 5.41) is 0.721. The molecule has 3 atom stereocenters. The molecule has 4 rings (SSSR count). The van der Waals surface area contributed by atoms with Gasteiger partial charge in [0.05, 0.1) is 0 Å². The Kier molecular flexibility index (Phi) is 5.00. The average Bonchev–Trinajstić information content (AvgIpc) is 3.27. The van der Waals surface area contributed by atoms with Crippen molar-refractivity contribution >= 4 is 17.5 Å². The largest absolute Gasteiger partial charge is 0.492 e. The highest BCUT2D eigenvalue weighted by Crippen LogP contribution is 2.44. The third-order valence-electron chi connectivity index (χ3n) is 5.77. The lowest BCUT2D eigenvalue weighted by Crippen LogP contribution is -2.51. The first kappa shape index (κ1) is 16.9. The summed E-state index contributed by atoms with van der Waals surface area (Å²) >= 11 is 5.87. The third kappa shape index (κ3) is 3.85. The molecule has 1 aromatic carbocycles. The molecular weight excluding hydrogens is 336 g/mol. The van der Waals surface area contributed by atoms with Gasteiger partial charge >= 0.3 is 0 Å². The van der Waals surface area contributed by atoms with Gasteiger partial charge in [-0.2, -0.15) is 0 Å². The van der Waals surface area contributed by atoms with Gasteiger partial charge in [0, 0.05) is 43.7 Å². The standard InChI is InChI=1S/C20H25ClN2O2/c21-17-3-5-18(6-4-17)25-12-11-22-7-9-23(10-8-22)20(24)19-14-15-1-2-16(19)13-15/h1-6,15-16,19H,7-14H2/t15-,16+,19-/m1/s1. The summed E-state index contributed by atoms with van der Waals surface area (Å²) in [6, 6.07) is 7.46. The minimum absolute atomic E-state index is 0.245. The zero-order valence-corrected chi connectivity index (χ0v) is 15.2. The van der Waals surface area contributed by atoms with Crippen LogP contribution >= 0.6 is 11.6 Å². The number of halogens is 1. The predicted octanol–water partition coefficient (Wildman–Crippen LogP) is 3.08. The van der Waals surface area contributed by atoms with Crippen LogP contribution < -0.4 is 4.74 Å². The van der Waals surface area contributed by atoms with Gasteiger partial charge in [-0.1, -0.05) is 23.8 Å². The molecule has 134 valence electrons. The maximum Gasteiger partial charge on any atom is 0.226 e. The molecule has 1 heterocycles. The van der Waals surface area contributed by atoms with Crippen molar-refractivity contribution in [2.75, 3.05) is 39.3 Å². The minimum Gasteiger partial charge on any atom is -0.492 e. The highest BCUT2D eigenvalue weighted by Gasteiger charge is 2.41. The molecule has 4 nitrogen and oxygen atoms in total. The van der Waals surface area contributed by atoms with E-state index in [1.807, 2.05) is 24.3 Å². The first-order chi connectivity index (χ1) is 12.2. The number of amides is 1. The number of ether oxygens (including phenoxy) is 1. The van der Waals surface area contributed by atoms with E-state index in [-0.39, 0.29) is 5.92 Å². The fraction of sp³-hybridized carbons (Fsp3) is 0.550. The van der Waals surface area contributed by atoms with Crippen LogP contribution in [-0.4, -0.2) is 55.0 Å². The molecule has 0 spiro atoms. The predicted molar refractivity (Wildman–Crippen MR) is 98.8 cm³/mol. The van der Waals surface area contributed by atoms with Crippen molar-refractivity contribution in [3.05, 3.63) is 41.4 Å². The summed E-state index contributed by atoms with van der Waals surface area (Å²) in [5.74, 6) is 2.64. The van der Waals surface area contributed by atoms with Gasteiger partial charge in [0.25, 0.3) is 0 Å². The second kappa shape index (κ2) is 7.38. The van der Waals surface area contributed by atoms with Gasteiger partial charge in [-0.05, 0) is 48.9 Å². The number of piperazine rings is 1. The van der Waals surface area contributed by atoms with E-state index < -0.39 is 0 Å². The summed E-state index contributed by atoms with van der Waals surface area (Å²) < 4.78 is 5.76. The Bertz CT molecular complexity index is 638. The highest BCUT2D eigenvalue weighted by atomic mass is 35.5. The molecule has 0 aromatic heterocycles. The average molecular weight is 361 g/mol. The van der Waals surface area contributed by atoms with Crippen LogP contribution in [0.15, 0.2) is 36.4 Å². The highest BCUT2D eigenvalue weighted by molar-refractivity contribution is 6.30. The van der Waals surface area contributed by atoms with Gasteiger partial charge in [0.15, 0.2) is 0 Å². The lowest BCUT2D eigenvalue weighted by Gasteiger charge is -2.36. The SMILES string of the molecule is O=C([C@@H]1C[C@@H]2C=C[C@H]1C2)N1CCN(CCOc2ccc(Cl)cc2)CC1. The van der Waals surface area contributed by atoms with E-state index in [2.05, 4.69) is 22.0 Å². The summed E-state index contributed by atoms with van der Waals surface area (Å²) in [4.78, 5) is 17.2. The normalized spacial score (nSPS) is 28.5. The van der Waals surface area contributed by atoms with Crippen LogP contribution in [0.5, 0.6) is 5.75 Å². The summed E-state index contributed by atoms with van der Waals surface area (Å²) in [6.07, 6.45) is 6.82. The van der Waals surface area contributed by atoms with Gasteiger partial charge < -0.3 is 9.64 Å². The minimum atomic E-state index is 0.245. The van der Waals surface area contributed by atoms with Gasteiger partial charge in [-0.3, -0.25) is 9.69 Å². The molecule has 2 fully saturated rings. The van der Waals surface area contributed by atoms with E-state index in [9.17, 15) is 4.79 Å². The molecule has 0 unspecified atom stereocenters. The zero-order chi connectivity index (χ0) is 17.2. The van der Waals surface area contributed by atoms with Crippen LogP contribution in [0.25, 0.3) is 0 Å². The molecule has 1 aliphatic heterocycles. The Labute approximate surface area is 154 Å². The molecule has 1 saturated carbocycles. The molecule has 1 aromatic rings. The fourth-order valence-corrected chi connectivity index (χ4v) is 4.44. The first-order valence-electron chi connectivity index (χ1n) is 9.27. The number of nitrogens with zero attached hydrogens (tertiary/aromatic N) is 2. The van der Waals surface area contributed by atoms with E-state index in [1.54, 1.807) is 0 Å². The van der Waals surface area contributed by atoms with E-state index in [4.69, 9.17) is 16.3 Å². The van der Waals surface area contributed by atoms with Crippen molar-refractivity contribution in [1.82, 2.24) is 9.80 Å². The quantitative estimate of drug-likeness (QED) is 0.756. The van der Waals surface area contributed by atoms with Crippen LogP contribution in [0.2, 0.25) is 5.02 Å². The Morgan fingerprint density at radius 1 is 1.08 bits per heavy atom. The molecule has 5 heteroatoms. The molecular formula is C20H25ClN2O2. The number of benzene rings is 1. The number of rotatable bonds is 5. The molecule has 0 radical (unpaired) electrons. The lowest BCUT2D eigenvalue weighted by molar-refractivity contribution is -0.138. The lowest BCUT2D eigenvalue weighted by atomic mass is 9.92. The summed E-state index contributed by atoms with van der Waals surface area (Å²) in [7, 11) is 0. The van der Waals surface area contributed by atoms with Gasteiger partial charge in [0.2, 0.25) is 5.91 Å². The van der Waals surface area contributed by atoms with E-state index in [1.165, 1.54) is 6.42 Å².